The van der Waals surface area contributed by atoms with Gasteiger partial charge in [-0.05, 0) is 42.3 Å². The number of benzene rings is 2. The maximum Gasteiger partial charge on any atom is 0.251 e. The Bertz CT molecular complexity index is 958. The van der Waals surface area contributed by atoms with Crippen LogP contribution >= 0.6 is 11.8 Å². The zero-order valence-corrected chi connectivity index (χ0v) is 17.4. The lowest BCUT2D eigenvalue weighted by atomic mass is 10.0. The van der Waals surface area contributed by atoms with Crippen LogP contribution < -0.4 is 5.32 Å². The maximum atomic E-state index is 14.0. The van der Waals surface area contributed by atoms with Crippen molar-refractivity contribution in [2.24, 2.45) is 0 Å². The fourth-order valence-electron chi connectivity index (χ4n) is 3.27. The van der Waals surface area contributed by atoms with E-state index in [1.165, 1.54) is 46.4 Å². The van der Waals surface area contributed by atoms with Gasteiger partial charge in [0.25, 0.3) is 5.91 Å². The van der Waals surface area contributed by atoms with Crippen LogP contribution in [0.1, 0.15) is 42.2 Å². The van der Waals surface area contributed by atoms with Crippen LogP contribution in [-0.2, 0) is 10.0 Å². The van der Waals surface area contributed by atoms with Crippen molar-refractivity contribution in [2.45, 2.75) is 36.1 Å². The van der Waals surface area contributed by atoms with Gasteiger partial charge in [-0.3, -0.25) is 4.79 Å². The van der Waals surface area contributed by atoms with Crippen molar-refractivity contribution in [2.75, 3.05) is 18.8 Å². The number of nitrogens with zero attached hydrogens (tertiary/aromatic N) is 1. The highest BCUT2D eigenvalue weighted by molar-refractivity contribution is 7.99. The second-order valence-corrected chi connectivity index (χ2v) is 9.48. The summed E-state index contributed by atoms with van der Waals surface area (Å²) in [5, 5.41) is 2.94. The van der Waals surface area contributed by atoms with Crippen LogP contribution in [0.3, 0.4) is 0 Å². The maximum absolute atomic E-state index is 14.0. The molecule has 1 heterocycles. The van der Waals surface area contributed by atoms with Gasteiger partial charge in [-0.15, -0.1) is 11.8 Å². The summed E-state index contributed by atoms with van der Waals surface area (Å²) in [6, 6.07) is 10.6. The Morgan fingerprint density at radius 3 is 2.50 bits per heavy atom. The Morgan fingerprint density at radius 2 is 1.86 bits per heavy atom. The molecule has 0 saturated carbocycles. The monoisotopic (exact) mass is 422 g/mol. The molecule has 0 spiro atoms. The van der Waals surface area contributed by atoms with E-state index in [9.17, 15) is 17.6 Å². The number of halogens is 1. The highest BCUT2D eigenvalue weighted by atomic mass is 32.2. The molecule has 0 unspecified atom stereocenters. The van der Waals surface area contributed by atoms with Crippen LogP contribution in [0, 0.1) is 5.82 Å². The molecule has 28 heavy (non-hydrogen) atoms. The van der Waals surface area contributed by atoms with E-state index in [0.717, 1.165) is 11.3 Å². The van der Waals surface area contributed by atoms with Crippen molar-refractivity contribution in [1.82, 2.24) is 9.62 Å². The normalized spacial score (nSPS) is 16.6. The van der Waals surface area contributed by atoms with Gasteiger partial charge >= 0.3 is 0 Å². The van der Waals surface area contributed by atoms with E-state index in [4.69, 9.17) is 0 Å². The number of hydrogen-bond donors (Lipinski definition) is 1. The molecule has 0 bridgehead atoms. The van der Waals surface area contributed by atoms with Gasteiger partial charge in [0, 0.05) is 29.3 Å². The van der Waals surface area contributed by atoms with Crippen molar-refractivity contribution in [3.8, 4) is 0 Å². The lowest BCUT2D eigenvalue weighted by Crippen LogP contribution is -2.31. The molecule has 1 amide bonds. The second kappa shape index (κ2) is 8.63. The minimum Gasteiger partial charge on any atom is -0.345 e. The Labute approximate surface area is 169 Å². The fourth-order valence-corrected chi connectivity index (χ4v) is 5.87. The average Bonchev–Trinajstić information content (AvgIpc) is 2.69. The van der Waals surface area contributed by atoms with Crippen LogP contribution in [0.4, 0.5) is 4.39 Å². The molecule has 5 nitrogen and oxygen atoms in total. The number of thioether (sulfide) groups is 1. The number of sulfonamides is 1. The summed E-state index contributed by atoms with van der Waals surface area (Å²) < 4.78 is 40.5. The smallest absolute Gasteiger partial charge is 0.251 e. The summed E-state index contributed by atoms with van der Waals surface area (Å²) in [4.78, 5) is 13.4. The Hall–Kier alpha value is -1.90. The van der Waals surface area contributed by atoms with E-state index in [1.54, 1.807) is 19.9 Å². The van der Waals surface area contributed by atoms with Gasteiger partial charge in [0.15, 0.2) is 0 Å². The first-order valence-electron chi connectivity index (χ1n) is 9.20. The first kappa shape index (κ1) is 20.8. The zero-order valence-electron chi connectivity index (χ0n) is 15.8. The average molecular weight is 423 g/mol. The van der Waals surface area contributed by atoms with E-state index < -0.39 is 10.0 Å². The summed E-state index contributed by atoms with van der Waals surface area (Å²) in [6.45, 7) is 4.34. The molecule has 1 N–H and O–H groups in total. The Kier molecular flexibility index (Phi) is 6.42. The van der Waals surface area contributed by atoms with Gasteiger partial charge in [0.05, 0.1) is 10.9 Å². The van der Waals surface area contributed by atoms with Crippen LogP contribution in [0.5, 0.6) is 0 Å². The van der Waals surface area contributed by atoms with Gasteiger partial charge in [-0.1, -0.05) is 26.0 Å². The molecular formula is C20H23FN2O3S2. The predicted octanol–water partition coefficient (Wildman–Crippen LogP) is 3.82. The molecule has 150 valence electrons. The molecule has 0 aromatic heterocycles. The van der Waals surface area contributed by atoms with E-state index in [1.807, 2.05) is 6.07 Å². The number of hydrogen-bond acceptors (Lipinski definition) is 4. The number of nitrogens with one attached hydrogen (secondary N) is 1. The highest BCUT2D eigenvalue weighted by Crippen LogP contribution is 2.37. The van der Waals surface area contributed by atoms with Crippen molar-refractivity contribution in [1.29, 1.82) is 0 Å². The van der Waals surface area contributed by atoms with Crippen molar-refractivity contribution in [3.05, 3.63) is 59.4 Å². The Morgan fingerprint density at radius 1 is 1.18 bits per heavy atom. The minimum absolute atomic E-state index is 0.161. The van der Waals surface area contributed by atoms with Gasteiger partial charge in [-0.25, -0.2) is 12.8 Å². The third-order valence-electron chi connectivity index (χ3n) is 4.79. The molecule has 0 radical (unpaired) electrons. The van der Waals surface area contributed by atoms with E-state index in [0.29, 0.717) is 30.0 Å². The van der Waals surface area contributed by atoms with Crippen LogP contribution in [0.25, 0.3) is 0 Å². The van der Waals surface area contributed by atoms with Crippen molar-refractivity contribution in [3.63, 3.8) is 0 Å². The molecule has 0 saturated heterocycles. The summed E-state index contributed by atoms with van der Waals surface area (Å²) in [7, 11) is -3.56. The van der Waals surface area contributed by atoms with Crippen molar-refractivity contribution >= 4 is 27.7 Å². The molecular weight excluding hydrogens is 399 g/mol. The quantitative estimate of drug-likeness (QED) is 0.769. The largest absolute Gasteiger partial charge is 0.345 e. The Balaban J connectivity index is 1.78. The summed E-state index contributed by atoms with van der Waals surface area (Å²) in [5.74, 6) is 0.145. The minimum atomic E-state index is -3.56. The third-order valence-corrected chi connectivity index (χ3v) is 8.01. The standard InChI is InChI=1S/C20H23FN2O3S2/c1-3-23(4-2)28(25,26)15-10-8-14(9-11-15)20(24)22-18-12-13-27-19-16(18)6-5-7-17(19)21/h5-11,18H,3-4,12-13H2,1-2H3,(H,22,24)/t18-/m1/s1. The SMILES string of the molecule is CCN(CC)S(=O)(=O)c1ccc(C(=O)N[C@@H]2CCSc3c(F)cccc32)cc1. The number of rotatable bonds is 6. The molecule has 2 aromatic carbocycles. The van der Waals surface area contributed by atoms with E-state index in [2.05, 4.69) is 5.32 Å². The van der Waals surface area contributed by atoms with Crippen LogP contribution in [-0.4, -0.2) is 37.5 Å². The molecule has 3 rings (SSSR count). The summed E-state index contributed by atoms with van der Waals surface area (Å²) in [5.41, 5.74) is 1.15. The highest BCUT2D eigenvalue weighted by Gasteiger charge is 2.25. The molecule has 0 fully saturated rings. The lowest BCUT2D eigenvalue weighted by molar-refractivity contribution is 0.0934. The van der Waals surface area contributed by atoms with Crippen LogP contribution in [0.15, 0.2) is 52.3 Å². The first-order valence-corrected chi connectivity index (χ1v) is 11.6. The molecule has 1 atom stereocenters. The van der Waals surface area contributed by atoms with Gasteiger partial charge < -0.3 is 5.32 Å². The van der Waals surface area contributed by atoms with E-state index >= 15 is 0 Å². The molecule has 0 aliphatic carbocycles. The third kappa shape index (κ3) is 4.09. The van der Waals surface area contributed by atoms with Crippen molar-refractivity contribution < 1.29 is 17.6 Å². The lowest BCUT2D eigenvalue weighted by Gasteiger charge is -2.26. The number of carbonyl (C=O) groups is 1. The fraction of sp³-hybridized carbons (Fsp3) is 0.350. The van der Waals surface area contributed by atoms with Gasteiger partial charge in [0.2, 0.25) is 10.0 Å². The molecule has 1 aliphatic heterocycles. The molecule has 1 aliphatic rings. The predicted molar refractivity (Wildman–Crippen MR) is 108 cm³/mol. The topological polar surface area (TPSA) is 66.5 Å². The number of carbonyl (C=O) groups excluding carboxylic acids is 1. The summed E-state index contributed by atoms with van der Waals surface area (Å²) >= 11 is 1.46. The summed E-state index contributed by atoms with van der Waals surface area (Å²) in [6.07, 6.45) is 0.710. The second-order valence-electron chi connectivity index (χ2n) is 6.44. The number of fused-ring (bicyclic) bond motifs is 1. The molecule has 8 heteroatoms. The first-order chi connectivity index (χ1) is 13.4. The van der Waals surface area contributed by atoms with Gasteiger partial charge in [-0.2, -0.15) is 4.31 Å². The number of amides is 1. The van der Waals surface area contributed by atoms with E-state index in [-0.39, 0.29) is 22.7 Å². The molecule has 2 aromatic rings. The zero-order chi connectivity index (χ0) is 20.3. The van der Waals surface area contributed by atoms with Gasteiger partial charge in [0.1, 0.15) is 5.82 Å². The van der Waals surface area contributed by atoms with Crippen LogP contribution in [0.2, 0.25) is 0 Å².